The summed E-state index contributed by atoms with van der Waals surface area (Å²) in [5, 5.41) is 7.39. The summed E-state index contributed by atoms with van der Waals surface area (Å²) in [7, 11) is -3.09. The summed E-state index contributed by atoms with van der Waals surface area (Å²) in [4.78, 5) is 8.98. The van der Waals surface area contributed by atoms with Crippen LogP contribution < -0.4 is 10.6 Å². The van der Waals surface area contributed by atoms with Gasteiger partial charge in [-0.05, 0) is 73.0 Å². The van der Waals surface area contributed by atoms with E-state index in [-0.39, 0.29) is 5.75 Å². The van der Waals surface area contributed by atoms with Crippen LogP contribution in [-0.2, 0) is 15.6 Å². The van der Waals surface area contributed by atoms with Crippen LogP contribution in [0.5, 0.6) is 0 Å². The molecule has 2 N–H and O–H groups in total. The van der Waals surface area contributed by atoms with Crippen molar-refractivity contribution in [1.82, 2.24) is 9.97 Å². The average Bonchev–Trinajstić information content (AvgIpc) is 2.64. The Labute approximate surface area is 189 Å². The van der Waals surface area contributed by atoms with Crippen molar-refractivity contribution in [3.8, 4) is 0 Å². The number of nitrogens with zero attached hydrogens (tertiary/aromatic N) is 2. The van der Waals surface area contributed by atoms with Crippen molar-refractivity contribution in [2.24, 2.45) is 23.2 Å². The van der Waals surface area contributed by atoms with Gasteiger partial charge in [-0.25, -0.2) is 13.4 Å². The number of rotatable bonds is 6. The Morgan fingerprint density at radius 1 is 1.19 bits per heavy atom. The van der Waals surface area contributed by atoms with E-state index in [0.29, 0.717) is 40.1 Å². The second kappa shape index (κ2) is 7.62. The molecule has 4 aliphatic rings. The molecule has 4 saturated carbocycles. The van der Waals surface area contributed by atoms with Crippen molar-refractivity contribution in [2.45, 2.75) is 50.8 Å². The van der Waals surface area contributed by atoms with Gasteiger partial charge in [0, 0.05) is 18.0 Å². The van der Waals surface area contributed by atoms with Gasteiger partial charge >= 0.3 is 0 Å². The van der Waals surface area contributed by atoms with Crippen LogP contribution in [0, 0.1) is 23.2 Å². The molecule has 0 aliphatic heterocycles. The number of halogens is 1. The Bertz CT molecular complexity index is 1090. The molecular weight excluding hydrogens is 432 g/mol. The first kappa shape index (κ1) is 21.0. The zero-order valence-corrected chi connectivity index (χ0v) is 19.5. The number of hydrogen-bond donors (Lipinski definition) is 2. The molecule has 6 rings (SSSR count). The number of anilines is 3. The van der Waals surface area contributed by atoms with E-state index >= 15 is 0 Å². The first-order valence-corrected chi connectivity index (χ1v) is 13.4. The number of nitrogens with one attached hydrogen (secondary N) is 2. The van der Waals surface area contributed by atoms with Gasteiger partial charge in [-0.2, -0.15) is 4.98 Å². The Balaban J connectivity index is 1.33. The van der Waals surface area contributed by atoms with Crippen molar-refractivity contribution < 1.29 is 8.42 Å². The molecule has 2 unspecified atom stereocenters. The Hall–Kier alpha value is -1.86. The van der Waals surface area contributed by atoms with Crippen LogP contribution in [0.4, 0.5) is 17.5 Å². The van der Waals surface area contributed by atoms with Crippen LogP contribution in [0.1, 0.15) is 44.6 Å². The number of sulfone groups is 1. The smallest absolute Gasteiger partial charge is 0.229 e. The highest BCUT2D eigenvalue weighted by Gasteiger charge is 2.53. The first-order chi connectivity index (χ1) is 14.7. The van der Waals surface area contributed by atoms with Crippen molar-refractivity contribution in [3.63, 3.8) is 0 Å². The molecule has 4 fully saturated rings. The van der Waals surface area contributed by atoms with Crippen molar-refractivity contribution in [3.05, 3.63) is 41.0 Å². The van der Waals surface area contributed by atoms with E-state index in [1.54, 1.807) is 12.3 Å². The topological polar surface area (TPSA) is 84.0 Å². The van der Waals surface area contributed by atoms with Gasteiger partial charge in [0.25, 0.3) is 0 Å². The molecule has 1 heterocycles. The fourth-order valence-electron chi connectivity index (χ4n) is 6.52. The van der Waals surface area contributed by atoms with Crippen LogP contribution in [0.2, 0.25) is 5.02 Å². The van der Waals surface area contributed by atoms with Crippen LogP contribution in [0.15, 0.2) is 30.5 Å². The van der Waals surface area contributed by atoms with Gasteiger partial charge in [0.15, 0.2) is 15.7 Å². The molecule has 0 saturated heterocycles. The molecule has 1 aromatic carbocycles. The van der Waals surface area contributed by atoms with Gasteiger partial charge in [0.05, 0.1) is 11.9 Å². The molecule has 166 valence electrons. The lowest BCUT2D eigenvalue weighted by atomic mass is 9.48. The molecule has 6 nitrogen and oxygen atoms in total. The van der Waals surface area contributed by atoms with Crippen LogP contribution in [-0.4, -0.2) is 30.7 Å². The number of hydrogen-bond acceptors (Lipinski definition) is 6. The van der Waals surface area contributed by atoms with Crippen molar-refractivity contribution in [2.75, 3.05) is 16.9 Å². The minimum atomic E-state index is -3.09. The highest BCUT2D eigenvalue weighted by atomic mass is 35.5. The largest absolute Gasteiger partial charge is 0.365 e. The van der Waals surface area contributed by atoms with E-state index in [9.17, 15) is 8.42 Å². The summed E-state index contributed by atoms with van der Waals surface area (Å²) in [6, 6.07) is 7.73. The molecule has 2 aromatic rings. The van der Waals surface area contributed by atoms with Crippen molar-refractivity contribution in [1.29, 1.82) is 0 Å². The molecule has 1 aromatic heterocycles. The molecule has 4 aliphatic carbocycles. The molecule has 0 amide bonds. The first-order valence-electron chi connectivity index (χ1n) is 11.0. The van der Waals surface area contributed by atoms with Gasteiger partial charge in [-0.15, -0.1) is 0 Å². The number of benzene rings is 1. The predicted octanol–water partition coefficient (Wildman–Crippen LogP) is 5.04. The maximum absolute atomic E-state index is 11.6. The Morgan fingerprint density at radius 2 is 1.94 bits per heavy atom. The molecule has 8 heteroatoms. The van der Waals surface area contributed by atoms with Crippen molar-refractivity contribution >= 4 is 38.9 Å². The predicted molar refractivity (Wildman–Crippen MR) is 124 cm³/mol. The molecule has 0 radical (unpaired) electrons. The number of aromatic nitrogens is 2. The second-order valence-corrected chi connectivity index (χ2v) is 12.8. The van der Waals surface area contributed by atoms with Crippen LogP contribution in [0.25, 0.3) is 0 Å². The van der Waals surface area contributed by atoms with Gasteiger partial charge in [-0.1, -0.05) is 30.7 Å². The maximum Gasteiger partial charge on any atom is 0.229 e. The maximum atomic E-state index is 11.6. The lowest BCUT2D eigenvalue weighted by molar-refractivity contribution is -0.0505. The Morgan fingerprint density at radius 3 is 2.61 bits per heavy atom. The molecule has 31 heavy (non-hydrogen) atoms. The summed E-state index contributed by atoms with van der Waals surface area (Å²) in [6.07, 6.45) is 9.45. The lowest BCUT2D eigenvalue weighted by Gasteiger charge is -2.59. The summed E-state index contributed by atoms with van der Waals surface area (Å²) >= 11 is 6.46. The van der Waals surface area contributed by atoms with Crippen LogP contribution in [0.3, 0.4) is 0 Å². The quantitative estimate of drug-likeness (QED) is 0.627. The minimum Gasteiger partial charge on any atom is -0.365 e. The standard InChI is InChI=1S/C23H29ClN4O2S/c1-23-9-15-6-16(10-23)20(17(7-15)11-23)27-21-19(24)12-25-22(28-21)26-18-5-3-4-14(8-18)13-31(2,29)30/h3-5,8,12,15-17,20H,6-7,9-11,13H2,1-2H3,(H2,25,26,27,28)/t15?,16?,17?,20-,23-. The van der Waals surface area contributed by atoms with E-state index in [4.69, 9.17) is 11.6 Å². The van der Waals surface area contributed by atoms with E-state index < -0.39 is 9.84 Å². The van der Waals surface area contributed by atoms with Crippen LogP contribution >= 0.6 is 11.6 Å². The summed E-state index contributed by atoms with van der Waals surface area (Å²) in [5.74, 6) is 3.38. The lowest BCUT2D eigenvalue weighted by Crippen LogP contribution is -2.55. The minimum absolute atomic E-state index is 0.00116. The van der Waals surface area contributed by atoms with E-state index in [2.05, 4.69) is 27.5 Å². The zero-order chi connectivity index (χ0) is 21.8. The fraction of sp³-hybridized carbons (Fsp3) is 0.565. The normalized spacial score (nSPS) is 31.6. The zero-order valence-electron chi connectivity index (χ0n) is 17.9. The fourth-order valence-corrected chi connectivity index (χ4v) is 7.45. The molecule has 2 atom stereocenters. The van der Waals surface area contributed by atoms with E-state index in [0.717, 1.165) is 17.2 Å². The summed E-state index contributed by atoms with van der Waals surface area (Å²) < 4.78 is 23.2. The summed E-state index contributed by atoms with van der Waals surface area (Å²) in [6.45, 7) is 2.46. The van der Waals surface area contributed by atoms with Gasteiger partial charge in [0.2, 0.25) is 5.95 Å². The molecule has 4 bridgehead atoms. The monoisotopic (exact) mass is 460 g/mol. The highest BCUT2D eigenvalue weighted by Crippen LogP contribution is 2.60. The SMILES string of the molecule is CS(=O)(=O)Cc1cccc(Nc2ncc(Cl)c(N[C@H]3C4CC5CC3C[C@@](C)(C5)C4)n2)c1. The van der Waals surface area contributed by atoms with E-state index in [1.807, 2.05) is 18.2 Å². The third-order valence-corrected chi connectivity index (χ3v) is 8.37. The molecule has 0 spiro atoms. The second-order valence-electron chi connectivity index (χ2n) is 10.2. The third-order valence-electron chi connectivity index (χ3n) is 7.24. The van der Waals surface area contributed by atoms with Gasteiger partial charge in [-0.3, -0.25) is 0 Å². The van der Waals surface area contributed by atoms with Gasteiger partial charge in [0.1, 0.15) is 5.02 Å². The summed E-state index contributed by atoms with van der Waals surface area (Å²) in [5.41, 5.74) is 1.99. The van der Waals surface area contributed by atoms with Gasteiger partial charge < -0.3 is 10.6 Å². The molecular formula is C23H29ClN4O2S. The third kappa shape index (κ3) is 4.53. The van der Waals surface area contributed by atoms with E-state index in [1.165, 1.54) is 38.4 Å². The average molecular weight is 461 g/mol. The Kier molecular flexibility index (Phi) is 5.17. The highest BCUT2D eigenvalue weighted by molar-refractivity contribution is 7.89.